The van der Waals surface area contributed by atoms with Crippen LogP contribution in [-0.2, 0) is 6.61 Å². The van der Waals surface area contributed by atoms with E-state index in [1.807, 2.05) is 0 Å². The van der Waals surface area contributed by atoms with E-state index in [1.165, 1.54) is 24.3 Å². The SMILES string of the molecule is Cc1oc(C(=O)O)cc1COc1ccc(F)c(Cl)c1. The molecule has 1 aromatic heterocycles. The maximum absolute atomic E-state index is 13.0. The first-order valence-corrected chi connectivity index (χ1v) is 5.75. The molecule has 0 saturated heterocycles. The number of aromatic carboxylic acids is 1. The number of carboxylic acid groups (broad SMARTS) is 1. The molecular formula is C13H10ClFO4. The van der Waals surface area contributed by atoms with Crippen molar-refractivity contribution in [1.29, 1.82) is 0 Å². The molecule has 0 radical (unpaired) electrons. The van der Waals surface area contributed by atoms with Crippen LogP contribution in [0.1, 0.15) is 21.9 Å². The Bertz CT molecular complexity index is 621. The normalized spacial score (nSPS) is 10.5. The first kappa shape index (κ1) is 13.4. The number of rotatable bonds is 4. The number of hydrogen-bond acceptors (Lipinski definition) is 3. The highest BCUT2D eigenvalue weighted by atomic mass is 35.5. The number of aryl methyl sites for hydroxylation is 1. The van der Waals surface area contributed by atoms with Gasteiger partial charge < -0.3 is 14.3 Å². The molecule has 0 bridgehead atoms. The van der Waals surface area contributed by atoms with Gasteiger partial charge in [-0.25, -0.2) is 9.18 Å². The molecule has 1 N–H and O–H groups in total. The Kier molecular flexibility index (Phi) is 3.76. The summed E-state index contributed by atoms with van der Waals surface area (Å²) in [5, 5.41) is 8.75. The van der Waals surface area contributed by atoms with E-state index in [9.17, 15) is 9.18 Å². The Morgan fingerprint density at radius 1 is 1.47 bits per heavy atom. The second-order valence-electron chi connectivity index (χ2n) is 3.86. The molecule has 1 heterocycles. The smallest absolute Gasteiger partial charge is 0.371 e. The van der Waals surface area contributed by atoms with E-state index in [4.69, 9.17) is 25.9 Å². The van der Waals surface area contributed by atoms with Crippen LogP contribution in [0.3, 0.4) is 0 Å². The van der Waals surface area contributed by atoms with E-state index in [0.29, 0.717) is 17.1 Å². The van der Waals surface area contributed by atoms with Crippen LogP contribution in [-0.4, -0.2) is 11.1 Å². The number of furan rings is 1. The van der Waals surface area contributed by atoms with Crippen LogP contribution in [0.25, 0.3) is 0 Å². The summed E-state index contributed by atoms with van der Waals surface area (Å²) in [4.78, 5) is 10.7. The molecule has 4 nitrogen and oxygen atoms in total. The van der Waals surface area contributed by atoms with Crippen molar-refractivity contribution >= 4 is 17.6 Å². The molecule has 0 atom stereocenters. The number of carbonyl (C=O) groups is 1. The molecule has 0 aliphatic rings. The van der Waals surface area contributed by atoms with Crippen LogP contribution in [0.15, 0.2) is 28.7 Å². The molecule has 0 spiro atoms. The maximum Gasteiger partial charge on any atom is 0.371 e. The Morgan fingerprint density at radius 3 is 2.79 bits per heavy atom. The molecule has 1 aromatic carbocycles. The maximum atomic E-state index is 13.0. The molecule has 0 fully saturated rings. The molecule has 0 unspecified atom stereocenters. The quantitative estimate of drug-likeness (QED) is 0.931. The molecular weight excluding hydrogens is 275 g/mol. The van der Waals surface area contributed by atoms with Crippen molar-refractivity contribution in [2.24, 2.45) is 0 Å². The number of ether oxygens (including phenoxy) is 1. The molecule has 6 heteroatoms. The van der Waals surface area contributed by atoms with E-state index in [0.717, 1.165) is 0 Å². The van der Waals surface area contributed by atoms with Gasteiger partial charge in [0, 0.05) is 11.6 Å². The van der Waals surface area contributed by atoms with E-state index in [1.54, 1.807) is 6.92 Å². The average Bonchev–Trinajstić information content (AvgIpc) is 2.73. The lowest BCUT2D eigenvalue weighted by atomic mass is 10.2. The van der Waals surface area contributed by atoms with Crippen molar-refractivity contribution in [1.82, 2.24) is 0 Å². The van der Waals surface area contributed by atoms with Gasteiger partial charge in [-0.15, -0.1) is 0 Å². The number of benzene rings is 1. The van der Waals surface area contributed by atoms with Gasteiger partial charge in [0.2, 0.25) is 5.76 Å². The molecule has 100 valence electrons. The predicted molar refractivity (Wildman–Crippen MR) is 66.1 cm³/mol. The highest BCUT2D eigenvalue weighted by Crippen LogP contribution is 2.23. The standard InChI is InChI=1S/C13H10ClFO4/c1-7-8(4-12(19-7)13(16)17)6-18-9-2-3-11(15)10(14)5-9/h2-5H,6H2,1H3,(H,16,17). The number of halogens is 2. The van der Waals surface area contributed by atoms with Gasteiger partial charge in [0.15, 0.2) is 0 Å². The van der Waals surface area contributed by atoms with Gasteiger partial charge >= 0.3 is 5.97 Å². The van der Waals surface area contributed by atoms with Crippen molar-refractivity contribution in [3.8, 4) is 5.75 Å². The third-order valence-electron chi connectivity index (χ3n) is 2.52. The monoisotopic (exact) mass is 284 g/mol. The first-order chi connectivity index (χ1) is 8.97. The summed E-state index contributed by atoms with van der Waals surface area (Å²) in [5.74, 6) is -0.955. The minimum Gasteiger partial charge on any atom is -0.489 e. The third kappa shape index (κ3) is 3.06. The summed E-state index contributed by atoms with van der Waals surface area (Å²) in [5.41, 5.74) is 0.609. The van der Waals surface area contributed by atoms with Gasteiger partial charge in [0.25, 0.3) is 0 Å². The fourth-order valence-corrected chi connectivity index (χ4v) is 1.67. The summed E-state index contributed by atoms with van der Waals surface area (Å²) in [7, 11) is 0. The van der Waals surface area contributed by atoms with Gasteiger partial charge in [-0.05, 0) is 25.1 Å². The van der Waals surface area contributed by atoms with E-state index < -0.39 is 11.8 Å². The zero-order chi connectivity index (χ0) is 14.0. The Balaban J connectivity index is 2.09. The van der Waals surface area contributed by atoms with Crippen LogP contribution >= 0.6 is 11.6 Å². The van der Waals surface area contributed by atoms with Crippen molar-refractivity contribution in [3.63, 3.8) is 0 Å². The van der Waals surface area contributed by atoms with Crippen LogP contribution in [0.4, 0.5) is 4.39 Å². The van der Waals surface area contributed by atoms with Crippen LogP contribution in [0.2, 0.25) is 5.02 Å². The molecule has 0 aliphatic heterocycles. The topological polar surface area (TPSA) is 59.7 Å². The van der Waals surface area contributed by atoms with Crippen LogP contribution < -0.4 is 4.74 Å². The highest BCUT2D eigenvalue weighted by Gasteiger charge is 2.13. The van der Waals surface area contributed by atoms with Crippen molar-refractivity contribution in [3.05, 3.63) is 52.2 Å². The van der Waals surface area contributed by atoms with Gasteiger partial charge in [0.1, 0.15) is 23.9 Å². The lowest BCUT2D eigenvalue weighted by molar-refractivity contribution is 0.0661. The zero-order valence-corrected chi connectivity index (χ0v) is 10.7. The van der Waals surface area contributed by atoms with Crippen molar-refractivity contribution in [2.75, 3.05) is 0 Å². The highest BCUT2D eigenvalue weighted by molar-refractivity contribution is 6.30. The van der Waals surface area contributed by atoms with Gasteiger partial charge in [-0.3, -0.25) is 0 Å². The fourth-order valence-electron chi connectivity index (χ4n) is 1.50. The summed E-state index contributed by atoms with van der Waals surface area (Å²) >= 11 is 5.62. The summed E-state index contributed by atoms with van der Waals surface area (Å²) < 4.78 is 23.4. The molecule has 2 aromatic rings. The predicted octanol–water partition coefficient (Wildman–Crippen LogP) is 3.66. The number of hydrogen-bond donors (Lipinski definition) is 1. The molecule has 0 aliphatic carbocycles. The van der Waals surface area contributed by atoms with E-state index >= 15 is 0 Å². The second kappa shape index (κ2) is 5.32. The summed E-state index contributed by atoms with van der Waals surface area (Å²) in [6.07, 6.45) is 0. The van der Waals surface area contributed by atoms with Crippen molar-refractivity contribution < 1.29 is 23.4 Å². The van der Waals surface area contributed by atoms with Gasteiger partial charge in [-0.1, -0.05) is 11.6 Å². The lowest BCUT2D eigenvalue weighted by Gasteiger charge is -2.05. The largest absolute Gasteiger partial charge is 0.489 e. The van der Waals surface area contributed by atoms with E-state index in [2.05, 4.69) is 0 Å². The van der Waals surface area contributed by atoms with Crippen LogP contribution in [0.5, 0.6) is 5.75 Å². The Labute approximate surface area is 113 Å². The summed E-state index contributed by atoms with van der Waals surface area (Å²) in [6, 6.07) is 5.38. The Hall–Kier alpha value is -2.01. The molecule has 0 saturated carbocycles. The summed E-state index contributed by atoms with van der Waals surface area (Å²) in [6.45, 7) is 1.76. The zero-order valence-electron chi connectivity index (χ0n) is 9.94. The van der Waals surface area contributed by atoms with Crippen molar-refractivity contribution in [2.45, 2.75) is 13.5 Å². The van der Waals surface area contributed by atoms with E-state index in [-0.39, 0.29) is 17.4 Å². The minimum atomic E-state index is -1.14. The molecule has 19 heavy (non-hydrogen) atoms. The van der Waals surface area contributed by atoms with Gasteiger partial charge in [0.05, 0.1) is 5.02 Å². The average molecular weight is 285 g/mol. The van der Waals surface area contributed by atoms with Crippen LogP contribution in [0, 0.1) is 12.7 Å². The molecule has 0 amide bonds. The van der Waals surface area contributed by atoms with Gasteiger partial charge in [-0.2, -0.15) is 0 Å². The fraction of sp³-hybridized carbons (Fsp3) is 0.154. The Morgan fingerprint density at radius 2 is 2.21 bits per heavy atom. The first-order valence-electron chi connectivity index (χ1n) is 5.38. The minimum absolute atomic E-state index is 0.0346. The molecule has 2 rings (SSSR count). The number of carboxylic acids is 1. The lowest BCUT2D eigenvalue weighted by Crippen LogP contribution is -1.96. The second-order valence-corrected chi connectivity index (χ2v) is 4.27. The third-order valence-corrected chi connectivity index (χ3v) is 2.81.